The molecule has 0 radical (unpaired) electrons. The molecule has 1 amide bonds. The molecule has 0 spiro atoms. The van der Waals surface area contributed by atoms with Crippen molar-refractivity contribution in [2.45, 2.75) is 12.2 Å². The SMILES string of the molecule is COCCNC(=NCC(=O)N(C)C)NCC(C)SC.I. The van der Waals surface area contributed by atoms with Gasteiger partial charge < -0.3 is 20.3 Å². The van der Waals surface area contributed by atoms with Gasteiger partial charge in [0.15, 0.2) is 5.96 Å². The molecule has 0 heterocycles. The van der Waals surface area contributed by atoms with Gasteiger partial charge in [0, 0.05) is 39.5 Å². The molecule has 0 aromatic rings. The highest BCUT2D eigenvalue weighted by molar-refractivity contribution is 14.0. The molecule has 8 heteroatoms. The summed E-state index contributed by atoms with van der Waals surface area (Å²) in [5.74, 6) is 0.624. The third-order valence-electron chi connectivity index (χ3n) is 2.43. The number of guanidine groups is 1. The van der Waals surface area contributed by atoms with E-state index in [-0.39, 0.29) is 36.4 Å². The Kier molecular flexibility index (Phi) is 15.2. The van der Waals surface area contributed by atoms with Crippen molar-refractivity contribution in [2.75, 3.05) is 53.7 Å². The Bertz CT molecular complexity index is 291. The number of nitrogens with one attached hydrogen (secondary N) is 2. The summed E-state index contributed by atoms with van der Waals surface area (Å²) in [5, 5.41) is 6.83. The predicted octanol–water partition coefficient (Wildman–Crippen LogP) is 0.626. The molecule has 6 nitrogen and oxygen atoms in total. The Balaban J connectivity index is 0. The van der Waals surface area contributed by atoms with E-state index in [0.29, 0.717) is 24.4 Å². The van der Waals surface area contributed by atoms with Crippen molar-refractivity contribution in [3.63, 3.8) is 0 Å². The van der Waals surface area contributed by atoms with Crippen LogP contribution in [0.4, 0.5) is 0 Å². The number of thioether (sulfide) groups is 1. The second kappa shape index (κ2) is 13.7. The van der Waals surface area contributed by atoms with Crippen molar-refractivity contribution < 1.29 is 9.53 Å². The number of halogens is 1. The van der Waals surface area contributed by atoms with Gasteiger partial charge in [0.1, 0.15) is 6.54 Å². The van der Waals surface area contributed by atoms with E-state index >= 15 is 0 Å². The highest BCUT2D eigenvalue weighted by atomic mass is 127. The molecular weight excluding hydrogens is 391 g/mol. The first-order valence-corrected chi connectivity index (χ1v) is 7.54. The molecule has 0 aliphatic carbocycles. The van der Waals surface area contributed by atoms with Gasteiger partial charge >= 0.3 is 0 Å². The number of methoxy groups -OCH3 is 1. The molecule has 1 unspecified atom stereocenters. The van der Waals surface area contributed by atoms with Crippen LogP contribution in [0, 0.1) is 0 Å². The van der Waals surface area contributed by atoms with Crippen molar-refractivity contribution >= 4 is 47.6 Å². The standard InChI is InChI=1S/C12H26N4O2S.HI/c1-10(19-5)8-14-12(13-6-7-18-4)15-9-11(17)16(2)3;/h10H,6-9H2,1-5H3,(H2,13,14,15);1H. The van der Waals surface area contributed by atoms with Crippen LogP contribution in [-0.4, -0.2) is 75.7 Å². The number of hydrogen-bond acceptors (Lipinski definition) is 4. The zero-order valence-electron chi connectivity index (χ0n) is 12.9. The lowest BCUT2D eigenvalue weighted by molar-refractivity contribution is -0.127. The fourth-order valence-electron chi connectivity index (χ4n) is 1.06. The Labute approximate surface area is 143 Å². The number of hydrogen-bond donors (Lipinski definition) is 2. The van der Waals surface area contributed by atoms with Crippen LogP contribution in [0.2, 0.25) is 0 Å². The highest BCUT2D eigenvalue weighted by Crippen LogP contribution is 2.02. The number of nitrogens with zero attached hydrogens (tertiary/aromatic N) is 2. The van der Waals surface area contributed by atoms with Gasteiger partial charge in [0.25, 0.3) is 0 Å². The number of carbonyl (C=O) groups excluding carboxylic acids is 1. The van der Waals surface area contributed by atoms with Gasteiger partial charge in [-0.2, -0.15) is 11.8 Å². The van der Waals surface area contributed by atoms with Gasteiger partial charge in [-0.3, -0.25) is 4.79 Å². The highest BCUT2D eigenvalue weighted by Gasteiger charge is 2.05. The minimum Gasteiger partial charge on any atom is -0.383 e. The van der Waals surface area contributed by atoms with Gasteiger partial charge in [-0.05, 0) is 6.26 Å². The Morgan fingerprint density at radius 1 is 1.40 bits per heavy atom. The van der Waals surface area contributed by atoms with E-state index in [4.69, 9.17) is 4.74 Å². The van der Waals surface area contributed by atoms with Crippen molar-refractivity contribution in [3.05, 3.63) is 0 Å². The van der Waals surface area contributed by atoms with Crippen LogP contribution < -0.4 is 10.6 Å². The van der Waals surface area contributed by atoms with Gasteiger partial charge in [0.05, 0.1) is 6.61 Å². The van der Waals surface area contributed by atoms with E-state index < -0.39 is 0 Å². The molecule has 0 saturated carbocycles. The molecule has 0 aromatic heterocycles. The van der Waals surface area contributed by atoms with Crippen LogP contribution in [0.25, 0.3) is 0 Å². The van der Waals surface area contributed by atoms with Crippen LogP contribution in [0.5, 0.6) is 0 Å². The maximum Gasteiger partial charge on any atom is 0.243 e. The molecule has 0 aliphatic rings. The lowest BCUT2D eigenvalue weighted by Crippen LogP contribution is -2.42. The Hall–Kier alpha value is -0.220. The van der Waals surface area contributed by atoms with Crippen LogP contribution >= 0.6 is 35.7 Å². The third-order valence-corrected chi connectivity index (χ3v) is 3.40. The summed E-state index contributed by atoms with van der Waals surface area (Å²) < 4.78 is 4.98. The lowest BCUT2D eigenvalue weighted by Gasteiger charge is -2.15. The molecule has 0 bridgehead atoms. The van der Waals surface area contributed by atoms with Crippen molar-refractivity contribution in [2.24, 2.45) is 4.99 Å². The number of aliphatic imine (C=N–C) groups is 1. The van der Waals surface area contributed by atoms with E-state index in [9.17, 15) is 4.79 Å². The zero-order chi connectivity index (χ0) is 14.7. The number of ether oxygens (including phenoxy) is 1. The van der Waals surface area contributed by atoms with Crippen molar-refractivity contribution in [1.29, 1.82) is 0 Å². The molecule has 2 N–H and O–H groups in total. The molecule has 0 fully saturated rings. The fourth-order valence-corrected chi connectivity index (χ4v) is 1.31. The number of carbonyl (C=O) groups is 1. The molecule has 0 saturated heterocycles. The molecule has 20 heavy (non-hydrogen) atoms. The van der Waals surface area contributed by atoms with E-state index in [1.807, 2.05) is 0 Å². The summed E-state index contributed by atoms with van der Waals surface area (Å²) in [4.78, 5) is 17.3. The van der Waals surface area contributed by atoms with Gasteiger partial charge in [-0.25, -0.2) is 4.99 Å². The average molecular weight is 418 g/mol. The summed E-state index contributed by atoms with van der Waals surface area (Å²) in [6.07, 6.45) is 2.07. The van der Waals surface area contributed by atoms with E-state index in [0.717, 1.165) is 6.54 Å². The Morgan fingerprint density at radius 3 is 2.55 bits per heavy atom. The number of amides is 1. The first kappa shape index (κ1) is 22.1. The summed E-state index contributed by atoms with van der Waals surface area (Å²) in [6.45, 7) is 4.33. The summed E-state index contributed by atoms with van der Waals surface area (Å²) in [6, 6.07) is 0. The smallest absolute Gasteiger partial charge is 0.243 e. The van der Waals surface area contributed by atoms with Gasteiger partial charge in [-0.1, -0.05) is 6.92 Å². The van der Waals surface area contributed by atoms with Gasteiger partial charge in [0.2, 0.25) is 5.91 Å². The summed E-state index contributed by atoms with van der Waals surface area (Å²) >= 11 is 1.78. The topological polar surface area (TPSA) is 66.0 Å². The minimum absolute atomic E-state index is 0. The van der Waals surface area contributed by atoms with Crippen molar-refractivity contribution in [3.8, 4) is 0 Å². The Morgan fingerprint density at radius 2 is 2.05 bits per heavy atom. The molecule has 0 aliphatic heterocycles. The predicted molar refractivity (Wildman–Crippen MR) is 97.3 cm³/mol. The van der Waals surface area contributed by atoms with Crippen LogP contribution in [0.3, 0.4) is 0 Å². The summed E-state index contributed by atoms with van der Waals surface area (Å²) in [5.41, 5.74) is 0. The van der Waals surface area contributed by atoms with Crippen LogP contribution in [0.1, 0.15) is 6.92 Å². The van der Waals surface area contributed by atoms with E-state index in [1.165, 1.54) is 4.90 Å². The van der Waals surface area contributed by atoms with Crippen molar-refractivity contribution in [1.82, 2.24) is 15.5 Å². The molecular formula is C12H27IN4O2S. The minimum atomic E-state index is -0.0224. The van der Waals surface area contributed by atoms with E-state index in [1.54, 1.807) is 33.0 Å². The first-order chi connectivity index (χ1) is 9.01. The molecule has 120 valence electrons. The largest absolute Gasteiger partial charge is 0.383 e. The van der Waals surface area contributed by atoms with Crippen LogP contribution in [0.15, 0.2) is 4.99 Å². The number of likely N-dealkylation sites (N-methyl/N-ethyl adjacent to an activating group) is 1. The monoisotopic (exact) mass is 418 g/mol. The second-order valence-corrected chi connectivity index (χ2v) is 5.58. The zero-order valence-corrected chi connectivity index (χ0v) is 16.1. The average Bonchev–Trinajstić information content (AvgIpc) is 2.40. The normalized spacial score (nSPS) is 12.3. The molecule has 0 aromatic carbocycles. The second-order valence-electron chi connectivity index (χ2n) is 4.30. The van der Waals surface area contributed by atoms with Gasteiger partial charge in [-0.15, -0.1) is 24.0 Å². The number of rotatable bonds is 8. The maximum absolute atomic E-state index is 11.5. The lowest BCUT2D eigenvalue weighted by atomic mass is 10.5. The fraction of sp³-hybridized carbons (Fsp3) is 0.833. The van der Waals surface area contributed by atoms with Crippen LogP contribution in [-0.2, 0) is 9.53 Å². The maximum atomic E-state index is 11.5. The van der Waals surface area contributed by atoms with E-state index in [2.05, 4.69) is 28.8 Å². The third kappa shape index (κ3) is 11.6. The molecule has 1 atom stereocenters. The first-order valence-electron chi connectivity index (χ1n) is 6.25. The quantitative estimate of drug-likeness (QED) is 0.262. The summed E-state index contributed by atoms with van der Waals surface area (Å²) in [7, 11) is 5.09. The molecule has 0 rings (SSSR count).